The van der Waals surface area contributed by atoms with E-state index in [0.29, 0.717) is 17.5 Å². The van der Waals surface area contributed by atoms with Crippen LogP contribution in [0.4, 0.5) is 0 Å². The highest BCUT2D eigenvalue weighted by Crippen LogP contribution is 2.45. The Morgan fingerprint density at radius 3 is 1.91 bits per heavy atom. The number of aromatic nitrogens is 3. The van der Waals surface area contributed by atoms with Gasteiger partial charge in [-0.25, -0.2) is 15.0 Å². The molecule has 0 radical (unpaired) electrons. The van der Waals surface area contributed by atoms with Crippen molar-refractivity contribution in [2.45, 2.75) is 0 Å². The first kappa shape index (κ1) is 30.7. The van der Waals surface area contributed by atoms with Gasteiger partial charge in [0.15, 0.2) is 17.5 Å². The summed E-state index contributed by atoms with van der Waals surface area (Å²) in [5, 5.41) is 9.26. The fraction of sp³-hybridized carbons (Fsp3) is 0. The van der Waals surface area contributed by atoms with E-state index in [2.05, 4.69) is 152 Å². The lowest BCUT2D eigenvalue weighted by molar-refractivity contribution is 0.669. The average molecular weight is 738 g/mol. The van der Waals surface area contributed by atoms with Crippen molar-refractivity contribution < 1.29 is 4.42 Å². The molecule has 0 atom stereocenters. The van der Waals surface area contributed by atoms with Gasteiger partial charge in [-0.05, 0) is 70.4 Å². The SMILES string of the molecule is c1ccc2cc(-c3nc(-c4cccc5c4sc4ccccc45)nc(-c4cc(-c5cccc6sc7ccccc7c56)cc5oc6ccccc6c45)n3)ccc2c1. The number of hydrogen-bond donors (Lipinski definition) is 0. The lowest BCUT2D eigenvalue weighted by Crippen LogP contribution is -2.01. The molecule has 0 saturated carbocycles. The molecule has 12 rings (SSSR count). The van der Waals surface area contributed by atoms with Crippen LogP contribution in [-0.2, 0) is 0 Å². The molecule has 0 aliphatic heterocycles. The number of hydrogen-bond acceptors (Lipinski definition) is 6. The minimum atomic E-state index is 0.604. The third-order valence-electron chi connectivity index (χ3n) is 10.7. The maximum atomic E-state index is 6.66. The first-order valence-corrected chi connectivity index (χ1v) is 19.9. The Balaban J connectivity index is 1.18. The van der Waals surface area contributed by atoms with Crippen LogP contribution in [0.25, 0.3) is 118 Å². The minimum absolute atomic E-state index is 0.604. The van der Waals surface area contributed by atoms with Gasteiger partial charge in [0, 0.05) is 67.8 Å². The molecular formula is C49H27N3OS2. The second kappa shape index (κ2) is 11.9. The Bertz CT molecular complexity index is 3520. The molecule has 0 N–H and O–H groups in total. The van der Waals surface area contributed by atoms with Crippen LogP contribution in [0.15, 0.2) is 168 Å². The van der Waals surface area contributed by atoms with Gasteiger partial charge in [0.25, 0.3) is 0 Å². The molecule has 0 aliphatic rings. The number of benzene rings is 8. The molecule has 0 bridgehead atoms. The summed E-state index contributed by atoms with van der Waals surface area (Å²) >= 11 is 3.61. The van der Waals surface area contributed by atoms with Gasteiger partial charge in [0.2, 0.25) is 0 Å². The zero-order valence-corrected chi connectivity index (χ0v) is 30.8. The third kappa shape index (κ3) is 4.79. The van der Waals surface area contributed by atoms with Crippen molar-refractivity contribution in [2.75, 3.05) is 0 Å². The van der Waals surface area contributed by atoms with Gasteiger partial charge >= 0.3 is 0 Å². The van der Waals surface area contributed by atoms with Gasteiger partial charge in [-0.15, -0.1) is 22.7 Å². The number of nitrogens with zero attached hydrogens (tertiary/aromatic N) is 3. The molecule has 4 nitrogen and oxygen atoms in total. The second-order valence-corrected chi connectivity index (χ2v) is 16.1. The fourth-order valence-corrected chi connectivity index (χ4v) is 10.5. The minimum Gasteiger partial charge on any atom is -0.456 e. The number of rotatable bonds is 4. The number of fused-ring (bicyclic) bond motifs is 10. The summed E-state index contributed by atoms with van der Waals surface area (Å²) < 4.78 is 11.6. The summed E-state index contributed by atoms with van der Waals surface area (Å²) in [7, 11) is 0. The highest BCUT2D eigenvalue weighted by Gasteiger charge is 2.22. The molecular weight excluding hydrogens is 711 g/mol. The summed E-state index contributed by atoms with van der Waals surface area (Å²) in [6, 6.07) is 57.8. The zero-order valence-electron chi connectivity index (χ0n) is 29.2. The topological polar surface area (TPSA) is 51.8 Å². The van der Waals surface area contributed by atoms with Crippen LogP contribution in [0.5, 0.6) is 0 Å². The Labute approximate surface area is 322 Å². The maximum absolute atomic E-state index is 6.66. The van der Waals surface area contributed by atoms with E-state index in [-0.39, 0.29) is 0 Å². The van der Waals surface area contributed by atoms with Gasteiger partial charge in [-0.1, -0.05) is 115 Å². The second-order valence-electron chi connectivity index (χ2n) is 13.9. The van der Waals surface area contributed by atoms with Crippen LogP contribution in [0.2, 0.25) is 0 Å². The summed E-state index contributed by atoms with van der Waals surface area (Å²) in [5.74, 6) is 1.87. The standard InChI is InChI=1S/C49H27N3OS2/c1-2-12-29-25-30(24-23-28(29)11-1)47-50-48(37-18-9-17-34-33-13-4-7-20-41(33)55-46(34)37)52-49(51-47)38-26-31(27-40-44(38)35-14-3-6-19-39(35)53-40)32-16-10-22-43-45(32)36-15-5-8-21-42(36)54-43/h1-27H. The van der Waals surface area contributed by atoms with Crippen LogP contribution >= 0.6 is 22.7 Å². The van der Waals surface area contributed by atoms with E-state index < -0.39 is 0 Å². The number of furan rings is 1. The molecule has 8 aromatic carbocycles. The van der Waals surface area contributed by atoms with E-state index in [1.54, 1.807) is 11.3 Å². The van der Waals surface area contributed by atoms with Crippen LogP contribution in [-0.4, -0.2) is 15.0 Å². The molecule has 0 unspecified atom stereocenters. The van der Waals surface area contributed by atoms with Crippen LogP contribution in [0.1, 0.15) is 0 Å². The molecule has 0 spiro atoms. The largest absolute Gasteiger partial charge is 0.456 e. The molecule has 55 heavy (non-hydrogen) atoms. The van der Waals surface area contributed by atoms with E-state index in [9.17, 15) is 0 Å². The van der Waals surface area contributed by atoms with Crippen LogP contribution in [0.3, 0.4) is 0 Å². The van der Waals surface area contributed by atoms with Crippen molar-refractivity contribution in [3.8, 4) is 45.3 Å². The zero-order chi connectivity index (χ0) is 36.0. The average Bonchev–Trinajstić information content (AvgIpc) is 3.94. The summed E-state index contributed by atoms with van der Waals surface area (Å²) in [4.78, 5) is 16.0. The molecule has 0 saturated heterocycles. The number of para-hydroxylation sites is 1. The lowest BCUT2D eigenvalue weighted by Gasteiger charge is -2.12. The van der Waals surface area contributed by atoms with E-state index in [4.69, 9.17) is 19.4 Å². The highest BCUT2D eigenvalue weighted by atomic mass is 32.1. The normalized spacial score (nSPS) is 12.0. The predicted molar refractivity (Wildman–Crippen MR) is 232 cm³/mol. The van der Waals surface area contributed by atoms with E-state index in [1.165, 1.54) is 41.0 Å². The highest BCUT2D eigenvalue weighted by molar-refractivity contribution is 7.26. The summed E-state index contributed by atoms with van der Waals surface area (Å²) in [5.41, 5.74) is 6.66. The van der Waals surface area contributed by atoms with Crippen LogP contribution in [0, 0.1) is 0 Å². The molecule has 12 aromatic rings. The van der Waals surface area contributed by atoms with E-state index in [1.807, 2.05) is 23.5 Å². The van der Waals surface area contributed by atoms with Gasteiger partial charge in [-0.2, -0.15) is 0 Å². The van der Waals surface area contributed by atoms with Gasteiger partial charge < -0.3 is 4.42 Å². The molecule has 0 aliphatic carbocycles. The Morgan fingerprint density at radius 1 is 0.364 bits per heavy atom. The van der Waals surface area contributed by atoms with Crippen molar-refractivity contribution in [2.24, 2.45) is 0 Å². The first-order chi connectivity index (χ1) is 27.2. The van der Waals surface area contributed by atoms with Gasteiger partial charge in [0.1, 0.15) is 11.2 Å². The van der Waals surface area contributed by atoms with Crippen molar-refractivity contribution >= 4 is 95.7 Å². The lowest BCUT2D eigenvalue weighted by atomic mass is 9.95. The number of thiophene rings is 2. The molecule has 4 heterocycles. The molecule has 256 valence electrons. The van der Waals surface area contributed by atoms with Crippen molar-refractivity contribution in [3.63, 3.8) is 0 Å². The Morgan fingerprint density at radius 2 is 1.02 bits per heavy atom. The maximum Gasteiger partial charge on any atom is 0.165 e. The first-order valence-electron chi connectivity index (χ1n) is 18.3. The van der Waals surface area contributed by atoms with Gasteiger partial charge in [0.05, 0.1) is 0 Å². The smallest absolute Gasteiger partial charge is 0.165 e. The summed E-state index contributed by atoms with van der Waals surface area (Å²) in [6.07, 6.45) is 0. The van der Waals surface area contributed by atoms with Crippen molar-refractivity contribution in [3.05, 3.63) is 164 Å². The monoisotopic (exact) mass is 737 g/mol. The molecule has 0 fully saturated rings. The summed E-state index contributed by atoms with van der Waals surface area (Å²) in [6.45, 7) is 0. The van der Waals surface area contributed by atoms with Crippen molar-refractivity contribution in [1.29, 1.82) is 0 Å². The van der Waals surface area contributed by atoms with E-state index in [0.717, 1.165) is 59.8 Å². The Hall–Kier alpha value is -6.73. The van der Waals surface area contributed by atoms with Crippen molar-refractivity contribution in [1.82, 2.24) is 15.0 Å². The quantitative estimate of drug-likeness (QED) is 0.180. The molecule has 6 heteroatoms. The predicted octanol–water partition coefficient (Wildman–Crippen LogP) is 14.3. The Kier molecular flexibility index (Phi) is 6.64. The van der Waals surface area contributed by atoms with Crippen LogP contribution < -0.4 is 0 Å². The van der Waals surface area contributed by atoms with Gasteiger partial charge in [-0.3, -0.25) is 0 Å². The molecule has 0 amide bonds. The van der Waals surface area contributed by atoms with E-state index >= 15 is 0 Å². The third-order valence-corrected chi connectivity index (χ3v) is 13.1. The fourth-order valence-electron chi connectivity index (χ4n) is 8.20. The molecule has 4 aromatic heterocycles.